The van der Waals surface area contributed by atoms with Crippen molar-refractivity contribution < 1.29 is 19.0 Å². The van der Waals surface area contributed by atoms with Gasteiger partial charge < -0.3 is 19.9 Å². The summed E-state index contributed by atoms with van der Waals surface area (Å²) in [4.78, 5) is 4.49. The van der Waals surface area contributed by atoms with Crippen LogP contribution >= 0.6 is 0 Å². The van der Waals surface area contributed by atoms with Crippen LogP contribution in [-0.2, 0) is 22.3 Å². The molecule has 1 aliphatic carbocycles. The summed E-state index contributed by atoms with van der Waals surface area (Å²) in [6, 6.07) is 1.71. The van der Waals surface area contributed by atoms with Gasteiger partial charge in [-0.15, -0.1) is 0 Å². The SMILES string of the molecule is CC(C)NC(O)O[C@H]1CO[C@@H](c2cc(Nc3nccn4nc5c(c34)CCCC5)n[nH]2)[C@H]1F. The van der Waals surface area contributed by atoms with Gasteiger partial charge in [0.05, 0.1) is 18.0 Å². The van der Waals surface area contributed by atoms with Crippen LogP contribution in [0.15, 0.2) is 18.5 Å². The van der Waals surface area contributed by atoms with E-state index >= 15 is 0 Å². The van der Waals surface area contributed by atoms with Gasteiger partial charge in [0.1, 0.15) is 17.7 Å². The fourth-order valence-corrected chi connectivity index (χ4v) is 4.37. The number of ether oxygens (including phenoxy) is 2. The average molecular weight is 445 g/mol. The van der Waals surface area contributed by atoms with Crippen LogP contribution in [0.25, 0.3) is 5.52 Å². The molecule has 0 aromatic carbocycles. The van der Waals surface area contributed by atoms with Crippen molar-refractivity contribution in [2.75, 3.05) is 11.9 Å². The number of aryl methyl sites for hydroxylation is 2. The quantitative estimate of drug-likeness (QED) is 0.408. The third kappa shape index (κ3) is 4.08. The molecule has 3 aromatic rings. The van der Waals surface area contributed by atoms with E-state index in [0.717, 1.165) is 36.9 Å². The number of H-pyrrole nitrogens is 1. The number of halogens is 1. The molecule has 1 unspecified atom stereocenters. The van der Waals surface area contributed by atoms with Crippen molar-refractivity contribution in [1.29, 1.82) is 0 Å². The second-order valence-corrected chi connectivity index (χ2v) is 8.58. The number of hydrogen-bond acceptors (Lipinski definition) is 8. The molecule has 3 aromatic heterocycles. The Morgan fingerprint density at radius 1 is 1.34 bits per heavy atom. The smallest absolute Gasteiger partial charge is 0.214 e. The lowest BCUT2D eigenvalue weighted by Gasteiger charge is -2.21. The van der Waals surface area contributed by atoms with Gasteiger partial charge in [-0.3, -0.25) is 10.4 Å². The molecule has 1 aliphatic heterocycles. The highest BCUT2D eigenvalue weighted by Crippen LogP contribution is 2.34. The van der Waals surface area contributed by atoms with E-state index in [9.17, 15) is 9.50 Å². The Labute approximate surface area is 184 Å². The standard InChI is InChI=1S/C21H28FN7O3/c1-11(2)24-21(30)32-15-10-31-19(17(15)22)14-9-16(27-26-14)25-20-18-12-5-3-4-6-13(12)28-29(18)8-7-23-20/h7-9,11,15,17,19,21,24,30H,3-6,10H2,1-2H3,(H2,23,25,26,27)/t15-,17-,19-,21?/m0/s1. The monoisotopic (exact) mass is 445 g/mol. The summed E-state index contributed by atoms with van der Waals surface area (Å²) in [6.07, 6.45) is 3.33. The third-order valence-corrected chi connectivity index (χ3v) is 5.83. The predicted molar refractivity (Wildman–Crippen MR) is 114 cm³/mol. The molecule has 2 aliphatic rings. The van der Waals surface area contributed by atoms with Crippen molar-refractivity contribution >= 4 is 17.2 Å². The van der Waals surface area contributed by atoms with Crippen LogP contribution < -0.4 is 10.6 Å². The molecule has 4 heterocycles. The minimum atomic E-state index is -1.45. The molecule has 0 amide bonds. The highest BCUT2D eigenvalue weighted by molar-refractivity contribution is 5.76. The number of hydrogen-bond donors (Lipinski definition) is 4. The minimum Gasteiger partial charge on any atom is -0.366 e. The molecule has 1 saturated heterocycles. The number of aliphatic hydroxyl groups is 1. The first-order valence-electron chi connectivity index (χ1n) is 11.0. The van der Waals surface area contributed by atoms with Gasteiger partial charge in [0.25, 0.3) is 0 Å². The number of aromatic amines is 1. The molecule has 10 nitrogen and oxygen atoms in total. The van der Waals surface area contributed by atoms with Crippen molar-refractivity contribution in [3.05, 3.63) is 35.4 Å². The Hall–Kier alpha value is -2.60. The molecule has 32 heavy (non-hydrogen) atoms. The minimum absolute atomic E-state index is 0.00174. The highest BCUT2D eigenvalue weighted by Gasteiger charge is 2.41. The molecule has 4 N–H and O–H groups in total. The molecule has 172 valence electrons. The van der Waals surface area contributed by atoms with Gasteiger partial charge in [0.2, 0.25) is 6.41 Å². The summed E-state index contributed by atoms with van der Waals surface area (Å²) in [7, 11) is 0. The maximum Gasteiger partial charge on any atom is 0.214 e. The number of nitrogens with one attached hydrogen (secondary N) is 3. The van der Waals surface area contributed by atoms with Crippen molar-refractivity contribution in [1.82, 2.24) is 30.1 Å². The molecule has 0 radical (unpaired) electrons. The van der Waals surface area contributed by atoms with Gasteiger partial charge in [-0.1, -0.05) is 0 Å². The van der Waals surface area contributed by atoms with E-state index < -0.39 is 24.8 Å². The normalized spacial score (nSPS) is 24.2. The van der Waals surface area contributed by atoms with Crippen LogP contribution in [0.3, 0.4) is 0 Å². The van der Waals surface area contributed by atoms with Crippen LogP contribution in [0, 0.1) is 0 Å². The average Bonchev–Trinajstić information content (AvgIpc) is 3.45. The van der Waals surface area contributed by atoms with Crippen molar-refractivity contribution in [3.8, 4) is 0 Å². The summed E-state index contributed by atoms with van der Waals surface area (Å²) >= 11 is 0. The summed E-state index contributed by atoms with van der Waals surface area (Å²) in [5.41, 5.74) is 3.78. The van der Waals surface area contributed by atoms with Gasteiger partial charge in [0, 0.05) is 30.1 Å². The lowest BCUT2D eigenvalue weighted by molar-refractivity contribution is -0.166. The second kappa shape index (κ2) is 8.74. The van der Waals surface area contributed by atoms with E-state index in [1.54, 1.807) is 12.3 Å². The van der Waals surface area contributed by atoms with Gasteiger partial charge in [-0.05, 0) is 39.5 Å². The highest BCUT2D eigenvalue weighted by atomic mass is 19.1. The van der Waals surface area contributed by atoms with Crippen molar-refractivity contribution in [2.45, 2.75) is 70.4 Å². The van der Waals surface area contributed by atoms with Crippen LogP contribution in [-0.4, -0.2) is 61.2 Å². The zero-order chi connectivity index (χ0) is 22.2. The molecule has 11 heteroatoms. The zero-order valence-corrected chi connectivity index (χ0v) is 18.1. The Kier molecular flexibility index (Phi) is 5.80. The summed E-state index contributed by atoms with van der Waals surface area (Å²) in [6.45, 7) is 3.76. The predicted octanol–water partition coefficient (Wildman–Crippen LogP) is 2.14. The first kappa shape index (κ1) is 21.3. The molecular formula is C21H28FN7O3. The maximum absolute atomic E-state index is 14.9. The van der Waals surface area contributed by atoms with Crippen molar-refractivity contribution in [3.63, 3.8) is 0 Å². The van der Waals surface area contributed by atoms with Crippen LogP contribution in [0.2, 0.25) is 0 Å². The number of nitrogens with zero attached hydrogens (tertiary/aromatic N) is 4. The number of anilines is 2. The molecule has 4 atom stereocenters. The van der Waals surface area contributed by atoms with E-state index in [-0.39, 0.29) is 12.6 Å². The first-order chi connectivity index (χ1) is 15.5. The molecule has 1 fully saturated rings. The number of aromatic nitrogens is 5. The molecule has 0 bridgehead atoms. The summed E-state index contributed by atoms with van der Waals surface area (Å²) < 4.78 is 27.8. The summed E-state index contributed by atoms with van der Waals surface area (Å²) in [5, 5.41) is 27.7. The number of fused-ring (bicyclic) bond motifs is 3. The molecular weight excluding hydrogens is 417 g/mol. The van der Waals surface area contributed by atoms with Crippen LogP contribution in [0.5, 0.6) is 0 Å². The zero-order valence-electron chi connectivity index (χ0n) is 18.1. The van der Waals surface area contributed by atoms with E-state index in [0.29, 0.717) is 17.3 Å². The van der Waals surface area contributed by atoms with Crippen LogP contribution in [0.4, 0.5) is 16.0 Å². The van der Waals surface area contributed by atoms with E-state index in [4.69, 9.17) is 9.47 Å². The molecule has 0 spiro atoms. The molecule has 5 rings (SSSR count). The summed E-state index contributed by atoms with van der Waals surface area (Å²) in [5.74, 6) is 1.17. The lowest BCUT2D eigenvalue weighted by Crippen LogP contribution is -2.41. The Balaban J connectivity index is 1.30. The van der Waals surface area contributed by atoms with E-state index in [1.807, 2.05) is 24.6 Å². The first-order valence-corrected chi connectivity index (χ1v) is 11.0. The Morgan fingerprint density at radius 3 is 3.03 bits per heavy atom. The third-order valence-electron chi connectivity index (χ3n) is 5.83. The number of rotatable bonds is 7. The largest absolute Gasteiger partial charge is 0.366 e. The number of aliphatic hydroxyl groups excluding tert-OH is 1. The lowest BCUT2D eigenvalue weighted by atomic mass is 9.97. The van der Waals surface area contributed by atoms with Crippen molar-refractivity contribution in [2.24, 2.45) is 0 Å². The fourth-order valence-electron chi connectivity index (χ4n) is 4.37. The van der Waals surface area contributed by atoms with Gasteiger partial charge in [-0.25, -0.2) is 13.9 Å². The van der Waals surface area contributed by atoms with Gasteiger partial charge >= 0.3 is 0 Å². The number of alkyl halides is 1. The molecule has 0 saturated carbocycles. The fraction of sp³-hybridized carbons (Fsp3) is 0.571. The topological polar surface area (TPSA) is 122 Å². The van der Waals surface area contributed by atoms with Crippen LogP contribution in [0.1, 0.15) is 49.7 Å². The van der Waals surface area contributed by atoms with E-state index in [1.165, 1.54) is 5.56 Å². The van der Waals surface area contributed by atoms with Gasteiger partial charge in [0.15, 0.2) is 17.8 Å². The maximum atomic E-state index is 14.9. The van der Waals surface area contributed by atoms with Gasteiger partial charge in [-0.2, -0.15) is 10.2 Å². The Bertz CT molecular complexity index is 1080. The van der Waals surface area contributed by atoms with E-state index in [2.05, 4.69) is 30.9 Å². The Morgan fingerprint density at radius 2 is 2.19 bits per heavy atom. The second-order valence-electron chi connectivity index (χ2n) is 8.58.